The average molecular weight is 376 g/mol. The molecule has 2 fully saturated rings. The molecule has 10 heteroatoms. The molecule has 0 aliphatic heterocycles. The molecule has 5 nitrogen and oxygen atoms in total. The summed E-state index contributed by atoms with van der Waals surface area (Å²) in [4.78, 5) is 11.0. The Morgan fingerprint density at radius 2 is 1.79 bits per heavy atom. The van der Waals surface area contributed by atoms with Gasteiger partial charge in [0.05, 0.1) is 12.4 Å². The van der Waals surface area contributed by atoms with Gasteiger partial charge < -0.3 is 9.47 Å². The molecule has 0 aromatic carbocycles. The van der Waals surface area contributed by atoms with E-state index in [0.29, 0.717) is 6.42 Å². The van der Waals surface area contributed by atoms with Gasteiger partial charge in [-0.25, -0.2) is 13.2 Å². The topological polar surface area (TPSA) is 69.7 Å². The number of carbonyl (C=O) groups is 1. The van der Waals surface area contributed by atoms with Crippen molar-refractivity contribution in [1.29, 1.82) is 0 Å². The fraction of sp³-hybridized carbons (Fsp3) is 0.929. The van der Waals surface area contributed by atoms with Crippen LogP contribution in [0, 0.1) is 23.7 Å². The van der Waals surface area contributed by atoms with Gasteiger partial charge in [-0.3, -0.25) is 0 Å². The van der Waals surface area contributed by atoms with Crippen LogP contribution in [0.4, 0.5) is 22.4 Å². The van der Waals surface area contributed by atoms with E-state index >= 15 is 0 Å². The molecule has 0 aromatic heterocycles. The highest BCUT2D eigenvalue weighted by molar-refractivity contribution is 7.91. The van der Waals surface area contributed by atoms with Gasteiger partial charge in [0.2, 0.25) is 0 Å². The van der Waals surface area contributed by atoms with Crippen molar-refractivity contribution in [2.75, 3.05) is 13.4 Å². The molecule has 6 atom stereocenters. The quantitative estimate of drug-likeness (QED) is 0.557. The second-order valence-corrected chi connectivity index (χ2v) is 9.00. The van der Waals surface area contributed by atoms with E-state index in [0.717, 1.165) is 13.4 Å². The zero-order valence-electron chi connectivity index (χ0n) is 13.5. The van der Waals surface area contributed by atoms with Crippen LogP contribution < -0.4 is 0 Å². The molecule has 2 aliphatic carbocycles. The predicted octanol–water partition coefficient (Wildman–Crippen LogP) is 3.09. The maximum Gasteiger partial charge on any atom is 0.511 e. The maximum absolute atomic E-state index is 14.4. The summed E-state index contributed by atoms with van der Waals surface area (Å²) in [6.45, 7) is 1.75. The monoisotopic (exact) mass is 376 g/mol. The van der Waals surface area contributed by atoms with Crippen LogP contribution >= 0.6 is 0 Å². The molecular formula is C14H20F4O5S. The largest absolute Gasteiger partial charge is 0.511 e. The Bertz CT molecular complexity index is 605. The van der Waals surface area contributed by atoms with E-state index in [1.54, 1.807) is 6.92 Å². The Hall–Kier alpha value is -1.06. The molecule has 24 heavy (non-hydrogen) atoms. The van der Waals surface area contributed by atoms with Crippen molar-refractivity contribution in [1.82, 2.24) is 0 Å². The van der Waals surface area contributed by atoms with Crippen LogP contribution in [0.2, 0.25) is 0 Å². The molecule has 0 spiro atoms. The minimum atomic E-state index is -5.44. The molecule has 0 saturated heterocycles. The Balaban J connectivity index is 2.24. The van der Waals surface area contributed by atoms with Gasteiger partial charge in [-0.05, 0) is 36.5 Å². The van der Waals surface area contributed by atoms with Crippen LogP contribution in [-0.4, -0.2) is 45.2 Å². The second-order valence-electron chi connectivity index (χ2n) is 6.80. The highest BCUT2D eigenvalue weighted by Gasteiger charge is 2.64. The summed E-state index contributed by atoms with van der Waals surface area (Å²) < 4.78 is 85.4. The first-order chi connectivity index (χ1) is 10.8. The number of alkyl halides is 4. The van der Waals surface area contributed by atoms with Gasteiger partial charge in [0.15, 0.2) is 9.84 Å². The lowest BCUT2D eigenvalue weighted by Crippen LogP contribution is -2.48. The van der Waals surface area contributed by atoms with Gasteiger partial charge in [0, 0.05) is 12.7 Å². The SMILES string of the molecule is COC(=O)OC(F)(CC1CC2CC1C(S(C)(=O)=O)C2C)C(F)(F)F. The molecule has 0 N–H and O–H groups in total. The molecule has 0 radical (unpaired) electrons. The van der Waals surface area contributed by atoms with E-state index in [4.69, 9.17) is 0 Å². The van der Waals surface area contributed by atoms with Crippen molar-refractivity contribution >= 4 is 16.0 Å². The highest BCUT2D eigenvalue weighted by Crippen LogP contribution is 2.57. The number of rotatable bonds is 4. The molecule has 2 rings (SSSR count). The Morgan fingerprint density at radius 1 is 1.21 bits per heavy atom. The zero-order valence-corrected chi connectivity index (χ0v) is 14.3. The number of hydrogen-bond donors (Lipinski definition) is 0. The lowest BCUT2D eigenvalue weighted by molar-refractivity contribution is -0.323. The van der Waals surface area contributed by atoms with Crippen LogP contribution in [0.15, 0.2) is 0 Å². The van der Waals surface area contributed by atoms with E-state index in [1.165, 1.54) is 0 Å². The van der Waals surface area contributed by atoms with Crippen molar-refractivity contribution < 1.29 is 40.2 Å². The van der Waals surface area contributed by atoms with Gasteiger partial charge in [-0.2, -0.15) is 17.6 Å². The number of hydrogen-bond acceptors (Lipinski definition) is 5. The van der Waals surface area contributed by atoms with Gasteiger partial charge in [0.25, 0.3) is 0 Å². The minimum Gasteiger partial charge on any atom is -0.438 e. The molecule has 0 amide bonds. The Morgan fingerprint density at radius 3 is 2.21 bits per heavy atom. The van der Waals surface area contributed by atoms with Crippen LogP contribution in [0.3, 0.4) is 0 Å². The Labute approximate surface area is 137 Å². The van der Waals surface area contributed by atoms with Crippen LogP contribution in [0.5, 0.6) is 0 Å². The number of carbonyl (C=O) groups excluding carboxylic acids is 1. The van der Waals surface area contributed by atoms with Crippen LogP contribution in [-0.2, 0) is 19.3 Å². The van der Waals surface area contributed by atoms with Crippen molar-refractivity contribution in [3.05, 3.63) is 0 Å². The average Bonchev–Trinajstić information content (AvgIpc) is 2.93. The van der Waals surface area contributed by atoms with Gasteiger partial charge >= 0.3 is 18.2 Å². The summed E-state index contributed by atoms with van der Waals surface area (Å²) in [6, 6.07) is 0. The molecule has 140 valence electrons. The van der Waals surface area contributed by atoms with Crippen molar-refractivity contribution in [2.24, 2.45) is 23.7 Å². The van der Waals surface area contributed by atoms with E-state index in [1.807, 2.05) is 0 Å². The van der Waals surface area contributed by atoms with Crippen molar-refractivity contribution in [3.8, 4) is 0 Å². The predicted molar refractivity (Wildman–Crippen MR) is 75.5 cm³/mol. The summed E-state index contributed by atoms with van der Waals surface area (Å²) in [6.07, 6.45) is -6.56. The first kappa shape index (κ1) is 19.3. The normalized spacial score (nSPS) is 35.5. The fourth-order valence-electron chi connectivity index (χ4n) is 4.36. The third-order valence-electron chi connectivity index (χ3n) is 5.32. The number of halogens is 4. The summed E-state index contributed by atoms with van der Waals surface area (Å²) >= 11 is 0. The standard InChI is InChI=1S/C14H20F4O5S/c1-7-8-4-9(10(5-8)11(7)24(3,20)21)6-13(15,14(16,17)18)23-12(19)22-2/h7-11H,4-6H2,1-3H3. The van der Waals surface area contributed by atoms with Crippen molar-refractivity contribution in [3.63, 3.8) is 0 Å². The van der Waals surface area contributed by atoms with Crippen molar-refractivity contribution in [2.45, 2.75) is 43.5 Å². The van der Waals surface area contributed by atoms with Gasteiger partial charge in [-0.1, -0.05) is 6.92 Å². The molecule has 2 saturated carbocycles. The lowest BCUT2D eigenvalue weighted by Gasteiger charge is -2.36. The maximum atomic E-state index is 14.4. The zero-order chi connectivity index (χ0) is 18.5. The molecule has 6 unspecified atom stereocenters. The number of ether oxygens (including phenoxy) is 2. The second kappa shape index (κ2) is 6.03. The van der Waals surface area contributed by atoms with Gasteiger partial charge in [-0.15, -0.1) is 0 Å². The lowest BCUT2D eigenvalue weighted by atomic mass is 9.79. The van der Waals surface area contributed by atoms with E-state index < -0.39 is 51.5 Å². The number of methoxy groups -OCH3 is 1. The third-order valence-corrected chi connectivity index (χ3v) is 7.09. The molecule has 2 bridgehead atoms. The summed E-state index contributed by atoms with van der Waals surface area (Å²) in [5.74, 6) is -5.85. The molecular weight excluding hydrogens is 356 g/mol. The molecule has 0 heterocycles. The van der Waals surface area contributed by atoms with E-state index in [-0.39, 0.29) is 18.3 Å². The number of fused-ring (bicyclic) bond motifs is 2. The fourth-order valence-corrected chi connectivity index (χ4v) is 6.33. The molecule has 2 aliphatic rings. The van der Waals surface area contributed by atoms with Crippen LogP contribution in [0.25, 0.3) is 0 Å². The smallest absolute Gasteiger partial charge is 0.438 e. The molecule has 0 aromatic rings. The minimum absolute atomic E-state index is 0.0738. The number of sulfone groups is 1. The first-order valence-electron chi connectivity index (χ1n) is 7.51. The first-order valence-corrected chi connectivity index (χ1v) is 9.47. The third kappa shape index (κ3) is 3.34. The summed E-state index contributed by atoms with van der Waals surface area (Å²) in [5.41, 5.74) is 0. The summed E-state index contributed by atoms with van der Waals surface area (Å²) in [5, 5.41) is -0.795. The van der Waals surface area contributed by atoms with E-state index in [2.05, 4.69) is 9.47 Å². The van der Waals surface area contributed by atoms with Crippen LogP contribution in [0.1, 0.15) is 26.2 Å². The van der Waals surface area contributed by atoms with Gasteiger partial charge in [0.1, 0.15) is 0 Å². The summed E-state index contributed by atoms with van der Waals surface area (Å²) in [7, 11) is -2.69. The highest BCUT2D eigenvalue weighted by atomic mass is 32.2. The Kier molecular flexibility index (Phi) is 4.84. The van der Waals surface area contributed by atoms with E-state index in [9.17, 15) is 30.8 Å².